The van der Waals surface area contributed by atoms with E-state index in [2.05, 4.69) is 53.3 Å². The molecule has 0 aliphatic carbocycles. The zero-order valence-corrected chi connectivity index (χ0v) is 18.1. The van der Waals surface area contributed by atoms with E-state index in [1.54, 1.807) is 0 Å². The molecule has 1 aliphatic heterocycles. The summed E-state index contributed by atoms with van der Waals surface area (Å²) in [7, 11) is 0. The van der Waals surface area contributed by atoms with Gasteiger partial charge in [0.25, 0.3) is 0 Å². The number of ether oxygens (including phenoxy) is 2. The number of thiol groups is 1. The van der Waals surface area contributed by atoms with Crippen molar-refractivity contribution >= 4 is 23.4 Å². The number of hydrogen-bond acceptors (Lipinski definition) is 6. The zero-order valence-electron chi connectivity index (χ0n) is 17.2. The molecule has 158 valence electrons. The zero-order chi connectivity index (χ0) is 20.9. The molecule has 2 aromatic carbocycles. The van der Waals surface area contributed by atoms with E-state index >= 15 is 0 Å². The molecule has 2 N–H and O–H groups in total. The summed E-state index contributed by atoms with van der Waals surface area (Å²) in [4.78, 5) is 4.43. The fourth-order valence-corrected chi connectivity index (χ4v) is 4.12. The van der Waals surface area contributed by atoms with Crippen LogP contribution in [0.4, 0.5) is 0 Å². The van der Waals surface area contributed by atoms with Gasteiger partial charge in [0.2, 0.25) is 0 Å². The minimum atomic E-state index is -0.408. The average molecular weight is 425 g/mol. The van der Waals surface area contributed by atoms with Crippen LogP contribution in [0.15, 0.2) is 48.7 Å². The largest absolute Gasteiger partial charge is 0.477 e. The average Bonchev–Trinajstić information content (AvgIpc) is 2.77. The van der Waals surface area contributed by atoms with Gasteiger partial charge in [-0.1, -0.05) is 36.4 Å². The molecule has 5 nitrogen and oxygen atoms in total. The summed E-state index contributed by atoms with van der Waals surface area (Å²) in [6.45, 7) is 3.40. The van der Waals surface area contributed by atoms with E-state index in [4.69, 9.17) is 9.47 Å². The van der Waals surface area contributed by atoms with Gasteiger partial charge in [0.05, 0.1) is 18.8 Å². The number of rotatable bonds is 7. The van der Waals surface area contributed by atoms with Gasteiger partial charge in [0.15, 0.2) is 0 Å². The van der Waals surface area contributed by atoms with Crippen LogP contribution in [0.3, 0.4) is 0 Å². The van der Waals surface area contributed by atoms with E-state index in [0.29, 0.717) is 32.1 Å². The number of hydrogen-bond donors (Lipinski definition) is 3. The molecular weight excluding hydrogens is 396 g/mol. The van der Waals surface area contributed by atoms with Gasteiger partial charge in [0, 0.05) is 35.2 Å². The third-order valence-corrected chi connectivity index (χ3v) is 5.92. The Morgan fingerprint density at radius 3 is 2.77 bits per heavy atom. The summed E-state index contributed by atoms with van der Waals surface area (Å²) >= 11 is 4.56. The number of benzene rings is 2. The van der Waals surface area contributed by atoms with Gasteiger partial charge >= 0.3 is 0 Å². The van der Waals surface area contributed by atoms with E-state index in [-0.39, 0.29) is 6.04 Å². The molecule has 1 saturated heterocycles. The lowest BCUT2D eigenvalue weighted by molar-refractivity contribution is -0.0208. The fraction of sp³-hybridized carbons (Fsp3) is 0.375. The van der Waals surface area contributed by atoms with Crippen molar-refractivity contribution in [3.05, 3.63) is 71.0 Å². The van der Waals surface area contributed by atoms with Crippen molar-refractivity contribution in [1.82, 2.24) is 10.3 Å². The van der Waals surface area contributed by atoms with E-state index in [1.807, 2.05) is 25.3 Å². The molecule has 0 bridgehead atoms. The highest BCUT2D eigenvalue weighted by Crippen LogP contribution is 2.34. The lowest BCUT2D eigenvalue weighted by Gasteiger charge is -2.28. The van der Waals surface area contributed by atoms with Crippen LogP contribution in [0, 0.1) is 6.92 Å². The van der Waals surface area contributed by atoms with Crippen molar-refractivity contribution in [2.24, 2.45) is 0 Å². The summed E-state index contributed by atoms with van der Waals surface area (Å²) in [6, 6.07) is 14.5. The molecule has 0 amide bonds. The maximum absolute atomic E-state index is 10.1. The minimum Gasteiger partial charge on any atom is -0.477 e. The van der Waals surface area contributed by atoms with E-state index < -0.39 is 6.10 Å². The molecule has 2 atom stereocenters. The molecular formula is C24H28N2O3S. The summed E-state index contributed by atoms with van der Waals surface area (Å²) in [6.07, 6.45) is 2.98. The van der Waals surface area contributed by atoms with Crippen LogP contribution in [0.2, 0.25) is 0 Å². The Labute approximate surface area is 182 Å². The van der Waals surface area contributed by atoms with Gasteiger partial charge < -0.3 is 14.6 Å². The van der Waals surface area contributed by atoms with Gasteiger partial charge in [0.1, 0.15) is 12.5 Å². The summed E-state index contributed by atoms with van der Waals surface area (Å²) in [5.74, 6) is 1.42. The van der Waals surface area contributed by atoms with E-state index in [9.17, 15) is 5.11 Å². The summed E-state index contributed by atoms with van der Waals surface area (Å²) in [5, 5.41) is 15.6. The Morgan fingerprint density at radius 2 is 2.03 bits per heavy atom. The van der Waals surface area contributed by atoms with Crippen LogP contribution in [-0.4, -0.2) is 42.2 Å². The van der Waals surface area contributed by atoms with Gasteiger partial charge in [-0.3, -0.25) is 10.3 Å². The molecule has 0 saturated carbocycles. The first-order valence-electron chi connectivity index (χ1n) is 10.3. The smallest absolute Gasteiger partial charge is 0.140 e. The highest BCUT2D eigenvalue weighted by molar-refractivity contribution is 7.79. The van der Waals surface area contributed by atoms with E-state index in [1.165, 1.54) is 16.5 Å². The SMILES string of the molecule is Cc1ccc(Cc2cc(CS)c(OCNC3COCC[C@@H]3O)c3ccccc23)cn1. The molecule has 4 rings (SSSR count). The number of aryl methyl sites for hydroxylation is 1. The van der Waals surface area contributed by atoms with Crippen LogP contribution in [-0.2, 0) is 16.9 Å². The highest BCUT2D eigenvalue weighted by Gasteiger charge is 2.23. The third kappa shape index (κ3) is 4.78. The molecule has 0 spiro atoms. The van der Waals surface area contributed by atoms with Gasteiger partial charge in [-0.15, -0.1) is 0 Å². The first kappa shape index (κ1) is 21.1. The monoisotopic (exact) mass is 424 g/mol. The second-order valence-electron chi connectivity index (χ2n) is 7.74. The maximum atomic E-state index is 10.1. The van der Waals surface area contributed by atoms with Crippen LogP contribution < -0.4 is 10.1 Å². The number of fused-ring (bicyclic) bond motifs is 1. The number of nitrogens with one attached hydrogen (secondary N) is 1. The molecule has 0 radical (unpaired) electrons. The van der Waals surface area contributed by atoms with Crippen molar-refractivity contribution < 1.29 is 14.6 Å². The normalized spacial score (nSPS) is 19.2. The molecule has 1 aliphatic rings. The lowest BCUT2D eigenvalue weighted by Crippen LogP contribution is -2.48. The number of nitrogens with zero attached hydrogens (tertiary/aromatic N) is 1. The molecule has 6 heteroatoms. The molecule has 30 heavy (non-hydrogen) atoms. The van der Waals surface area contributed by atoms with Crippen LogP contribution in [0.5, 0.6) is 5.75 Å². The van der Waals surface area contributed by atoms with Crippen LogP contribution >= 0.6 is 12.6 Å². The van der Waals surface area contributed by atoms with Crippen molar-refractivity contribution in [2.45, 2.75) is 37.7 Å². The maximum Gasteiger partial charge on any atom is 0.140 e. The predicted molar refractivity (Wildman–Crippen MR) is 122 cm³/mol. The number of aliphatic hydroxyl groups is 1. The van der Waals surface area contributed by atoms with Crippen LogP contribution in [0.25, 0.3) is 10.8 Å². The number of pyridine rings is 1. The summed E-state index contributed by atoms with van der Waals surface area (Å²) in [5.41, 5.74) is 4.48. The van der Waals surface area contributed by atoms with Crippen molar-refractivity contribution in [3.63, 3.8) is 0 Å². The molecule has 1 aromatic heterocycles. The topological polar surface area (TPSA) is 63.6 Å². The second-order valence-corrected chi connectivity index (χ2v) is 8.06. The predicted octanol–water partition coefficient (Wildman–Crippen LogP) is 3.64. The van der Waals surface area contributed by atoms with Crippen molar-refractivity contribution in [3.8, 4) is 5.75 Å². The lowest BCUT2D eigenvalue weighted by atomic mass is 9.95. The van der Waals surface area contributed by atoms with Gasteiger partial charge in [-0.25, -0.2) is 0 Å². The Hall–Kier alpha value is -2.12. The quantitative estimate of drug-likeness (QED) is 0.399. The first-order valence-corrected chi connectivity index (χ1v) is 11.0. The summed E-state index contributed by atoms with van der Waals surface area (Å²) < 4.78 is 11.6. The molecule has 1 fully saturated rings. The van der Waals surface area contributed by atoms with Crippen molar-refractivity contribution in [2.75, 3.05) is 19.9 Å². The Balaban J connectivity index is 1.59. The van der Waals surface area contributed by atoms with Crippen LogP contribution in [0.1, 0.15) is 28.8 Å². The highest BCUT2D eigenvalue weighted by atomic mass is 32.1. The minimum absolute atomic E-state index is 0.113. The Bertz CT molecular complexity index is 994. The first-order chi connectivity index (χ1) is 14.7. The molecule has 2 heterocycles. The molecule has 3 aromatic rings. The second kappa shape index (κ2) is 9.79. The van der Waals surface area contributed by atoms with Gasteiger partial charge in [-0.05, 0) is 42.3 Å². The molecule has 1 unspecified atom stereocenters. The van der Waals surface area contributed by atoms with Crippen molar-refractivity contribution in [1.29, 1.82) is 0 Å². The Morgan fingerprint density at radius 1 is 1.20 bits per heavy atom. The van der Waals surface area contributed by atoms with E-state index in [0.717, 1.165) is 28.8 Å². The standard InChI is InChI=1S/C24H28N2O3S/c1-16-6-7-17(12-25-16)10-18-11-19(14-30)24(21-5-3-2-4-20(18)21)29-15-26-22-13-28-9-8-23(22)27/h2-7,11-12,22-23,26-27,30H,8-10,13-15H2,1H3/t22?,23-/m0/s1. The number of aromatic nitrogens is 1. The number of aliphatic hydroxyl groups excluding tert-OH is 1. The Kier molecular flexibility index (Phi) is 6.89. The van der Waals surface area contributed by atoms with Gasteiger partial charge in [-0.2, -0.15) is 12.6 Å². The third-order valence-electron chi connectivity index (χ3n) is 5.58. The fourth-order valence-electron chi connectivity index (χ4n) is 3.89.